The Bertz CT molecular complexity index is 839. The molecule has 29 heavy (non-hydrogen) atoms. The lowest BCUT2D eigenvalue weighted by Gasteiger charge is -2.36. The van der Waals surface area contributed by atoms with Crippen molar-refractivity contribution in [2.45, 2.75) is 37.3 Å². The van der Waals surface area contributed by atoms with Crippen molar-refractivity contribution in [3.05, 3.63) is 108 Å². The second kappa shape index (κ2) is 8.94. The van der Waals surface area contributed by atoms with Crippen LogP contribution in [0.15, 0.2) is 91.0 Å². The molecule has 2 atom stereocenters. The molecule has 2 unspecified atom stereocenters. The molecule has 0 aromatic heterocycles. The molecule has 3 aromatic rings. The van der Waals surface area contributed by atoms with Crippen LogP contribution in [0.25, 0.3) is 0 Å². The summed E-state index contributed by atoms with van der Waals surface area (Å²) in [6, 6.07) is 31.6. The fraction of sp³-hybridized carbons (Fsp3) is 0.333. The van der Waals surface area contributed by atoms with E-state index < -0.39 is 5.60 Å². The predicted octanol–water partition coefficient (Wildman–Crippen LogP) is 5.27. The van der Waals surface area contributed by atoms with Gasteiger partial charge in [0.05, 0.1) is 0 Å². The molecule has 2 nitrogen and oxygen atoms in total. The Morgan fingerprint density at radius 2 is 1.31 bits per heavy atom. The van der Waals surface area contributed by atoms with Crippen molar-refractivity contribution in [1.29, 1.82) is 0 Å². The summed E-state index contributed by atoms with van der Waals surface area (Å²) in [7, 11) is 2.24. The zero-order valence-corrected chi connectivity index (χ0v) is 17.2. The maximum absolute atomic E-state index is 12.0. The number of rotatable bonds is 7. The number of nitrogens with zero attached hydrogens (tertiary/aromatic N) is 1. The number of hydrogen-bond donors (Lipinski definition) is 1. The van der Waals surface area contributed by atoms with Gasteiger partial charge in [-0.25, -0.2) is 0 Å². The summed E-state index contributed by atoms with van der Waals surface area (Å²) < 4.78 is 0. The van der Waals surface area contributed by atoms with Gasteiger partial charge in [0.25, 0.3) is 0 Å². The Kier molecular flexibility index (Phi) is 6.13. The molecule has 1 fully saturated rings. The molecule has 0 aliphatic heterocycles. The van der Waals surface area contributed by atoms with Gasteiger partial charge in [-0.2, -0.15) is 0 Å². The molecule has 4 rings (SSSR count). The van der Waals surface area contributed by atoms with Crippen molar-refractivity contribution in [1.82, 2.24) is 4.90 Å². The summed E-state index contributed by atoms with van der Waals surface area (Å²) in [5.74, 6) is 0.219. The minimum absolute atomic E-state index is 0.219. The minimum Gasteiger partial charge on any atom is -0.380 e. The summed E-state index contributed by atoms with van der Waals surface area (Å²) in [5, 5.41) is 12.0. The number of likely N-dealkylation sites (N-methyl/N-ethyl adjacent to an activating group) is 1. The van der Waals surface area contributed by atoms with E-state index in [9.17, 15) is 5.11 Å². The summed E-state index contributed by atoms with van der Waals surface area (Å²) in [6.45, 7) is 1.05. The molecular formula is C27H31NO. The van der Waals surface area contributed by atoms with Gasteiger partial charge in [-0.1, -0.05) is 91.0 Å². The van der Waals surface area contributed by atoms with Crippen molar-refractivity contribution in [3.8, 4) is 0 Å². The second-order valence-electron chi connectivity index (χ2n) is 8.38. The summed E-state index contributed by atoms with van der Waals surface area (Å²) in [4.78, 5) is 2.49. The number of hydrogen-bond acceptors (Lipinski definition) is 2. The van der Waals surface area contributed by atoms with Crippen LogP contribution in [0.2, 0.25) is 0 Å². The quantitative estimate of drug-likeness (QED) is 0.599. The van der Waals surface area contributed by atoms with Gasteiger partial charge in [0.15, 0.2) is 0 Å². The lowest BCUT2D eigenvalue weighted by Crippen LogP contribution is -2.37. The molecule has 2 heteroatoms. The highest BCUT2D eigenvalue weighted by Gasteiger charge is 2.44. The highest BCUT2D eigenvalue weighted by Crippen LogP contribution is 2.45. The van der Waals surface area contributed by atoms with Crippen LogP contribution >= 0.6 is 0 Å². The first-order valence-electron chi connectivity index (χ1n) is 10.8. The van der Waals surface area contributed by atoms with E-state index in [0.29, 0.717) is 6.04 Å². The molecule has 1 aliphatic carbocycles. The Morgan fingerprint density at radius 1 is 0.793 bits per heavy atom. The van der Waals surface area contributed by atoms with E-state index >= 15 is 0 Å². The molecule has 1 N–H and O–H groups in total. The molecule has 150 valence electrons. The third kappa shape index (κ3) is 4.29. The molecule has 0 bridgehead atoms. The Balaban J connectivity index is 1.50. The van der Waals surface area contributed by atoms with Gasteiger partial charge < -0.3 is 10.0 Å². The zero-order chi connectivity index (χ0) is 20.1. The van der Waals surface area contributed by atoms with Gasteiger partial charge in [0, 0.05) is 12.6 Å². The maximum atomic E-state index is 12.0. The third-order valence-electron chi connectivity index (χ3n) is 6.64. The van der Waals surface area contributed by atoms with Gasteiger partial charge in [0.1, 0.15) is 5.60 Å². The van der Waals surface area contributed by atoms with Crippen molar-refractivity contribution in [2.75, 3.05) is 13.6 Å². The van der Waals surface area contributed by atoms with Crippen LogP contribution in [0.3, 0.4) is 0 Å². The average Bonchev–Trinajstić information content (AvgIpc) is 3.30. The molecule has 0 radical (unpaired) electrons. The molecule has 0 saturated heterocycles. The highest BCUT2D eigenvalue weighted by molar-refractivity contribution is 5.37. The van der Waals surface area contributed by atoms with E-state index in [4.69, 9.17) is 0 Å². The third-order valence-corrected chi connectivity index (χ3v) is 6.64. The monoisotopic (exact) mass is 385 g/mol. The van der Waals surface area contributed by atoms with Gasteiger partial charge in [-0.3, -0.25) is 0 Å². The number of aliphatic hydroxyl groups is 1. The van der Waals surface area contributed by atoms with Crippen LogP contribution in [-0.2, 0) is 12.0 Å². The molecule has 0 heterocycles. The van der Waals surface area contributed by atoms with Crippen LogP contribution in [0.1, 0.15) is 36.0 Å². The first-order chi connectivity index (χ1) is 14.2. The average molecular weight is 386 g/mol. The van der Waals surface area contributed by atoms with Crippen molar-refractivity contribution >= 4 is 0 Å². The van der Waals surface area contributed by atoms with E-state index in [1.165, 1.54) is 5.56 Å². The molecule has 1 saturated carbocycles. The van der Waals surface area contributed by atoms with E-state index in [-0.39, 0.29) is 5.92 Å². The summed E-state index contributed by atoms with van der Waals surface area (Å²) in [6.07, 6.45) is 4.27. The van der Waals surface area contributed by atoms with Crippen LogP contribution in [0.4, 0.5) is 0 Å². The van der Waals surface area contributed by atoms with E-state index in [1.54, 1.807) is 0 Å². The van der Waals surface area contributed by atoms with Gasteiger partial charge in [0.2, 0.25) is 0 Å². The van der Waals surface area contributed by atoms with Gasteiger partial charge in [-0.15, -0.1) is 0 Å². The lowest BCUT2D eigenvalue weighted by molar-refractivity contribution is 0.0157. The Morgan fingerprint density at radius 3 is 1.86 bits per heavy atom. The molecule has 3 aromatic carbocycles. The maximum Gasteiger partial charge on any atom is 0.117 e. The van der Waals surface area contributed by atoms with Gasteiger partial charge >= 0.3 is 0 Å². The molecule has 0 amide bonds. The normalized spacial score (nSPS) is 19.6. The van der Waals surface area contributed by atoms with Crippen molar-refractivity contribution in [2.24, 2.45) is 5.92 Å². The van der Waals surface area contributed by atoms with E-state index in [0.717, 1.165) is 43.4 Å². The lowest BCUT2D eigenvalue weighted by atomic mass is 9.75. The Labute approximate surface area is 174 Å². The van der Waals surface area contributed by atoms with Crippen LogP contribution in [0, 0.1) is 5.92 Å². The van der Waals surface area contributed by atoms with Crippen LogP contribution < -0.4 is 0 Å². The standard InChI is InChI=1S/C27H31NO/c1-28(20-19-22-11-5-2-6-12-22)26-18-17-25(21-26)27(29,23-13-7-3-8-14-23)24-15-9-4-10-16-24/h2-16,25-26,29H,17-21H2,1H3. The Hall–Kier alpha value is -2.42. The predicted molar refractivity (Wildman–Crippen MR) is 120 cm³/mol. The van der Waals surface area contributed by atoms with Gasteiger partial charge in [-0.05, 0) is 55.3 Å². The minimum atomic E-state index is -0.933. The van der Waals surface area contributed by atoms with Crippen LogP contribution in [0.5, 0.6) is 0 Å². The zero-order valence-electron chi connectivity index (χ0n) is 17.2. The van der Waals surface area contributed by atoms with E-state index in [1.807, 2.05) is 36.4 Å². The fourth-order valence-corrected chi connectivity index (χ4v) is 4.89. The SMILES string of the molecule is CN(CCc1ccccc1)C1CCC(C(O)(c2ccccc2)c2ccccc2)C1. The van der Waals surface area contributed by atoms with Crippen LogP contribution in [-0.4, -0.2) is 29.6 Å². The fourth-order valence-electron chi connectivity index (χ4n) is 4.89. The summed E-state index contributed by atoms with van der Waals surface area (Å²) >= 11 is 0. The highest BCUT2D eigenvalue weighted by atomic mass is 16.3. The topological polar surface area (TPSA) is 23.5 Å². The summed E-state index contributed by atoms with van der Waals surface area (Å²) in [5.41, 5.74) is 2.46. The number of benzene rings is 3. The molecule has 0 spiro atoms. The largest absolute Gasteiger partial charge is 0.380 e. The molecular weight excluding hydrogens is 354 g/mol. The molecule has 1 aliphatic rings. The smallest absolute Gasteiger partial charge is 0.117 e. The first kappa shape index (κ1) is 19.9. The van der Waals surface area contributed by atoms with Crippen molar-refractivity contribution < 1.29 is 5.11 Å². The van der Waals surface area contributed by atoms with E-state index in [2.05, 4.69) is 66.5 Å². The second-order valence-corrected chi connectivity index (χ2v) is 8.38. The first-order valence-corrected chi connectivity index (χ1v) is 10.8. The van der Waals surface area contributed by atoms with Crippen molar-refractivity contribution in [3.63, 3.8) is 0 Å².